The van der Waals surface area contributed by atoms with Crippen molar-refractivity contribution in [2.45, 2.75) is 42.1 Å². The number of fused-ring (bicyclic) bond motifs is 1. The summed E-state index contributed by atoms with van der Waals surface area (Å²) in [6.45, 7) is 4.53. The molecule has 8 heteroatoms. The Bertz CT molecular complexity index is 810. The molecule has 5 nitrogen and oxygen atoms in total. The molecule has 2 heterocycles. The predicted molar refractivity (Wildman–Crippen MR) is 101 cm³/mol. The number of hydrogen-bond acceptors (Lipinski definition) is 7. The van der Waals surface area contributed by atoms with Gasteiger partial charge in [-0.1, -0.05) is 35.7 Å². The molecule has 3 aromatic rings. The van der Waals surface area contributed by atoms with Crippen molar-refractivity contribution < 1.29 is 4.79 Å². The lowest BCUT2D eigenvalue weighted by Crippen LogP contribution is -2.03. The standard InChI is InChI=1S/C16H18N4OS3/c1-3-20-14(18-19-15(20)22-9-8-11(2)21)10-23-16-17-12-6-4-5-7-13(12)24-16/h4-7H,3,8-10H2,1-2H3. The van der Waals surface area contributed by atoms with Crippen LogP contribution in [-0.4, -0.2) is 31.3 Å². The quantitative estimate of drug-likeness (QED) is 0.546. The van der Waals surface area contributed by atoms with E-state index in [1.54, 1.807) is 41.8 Å². The Morgan fingerprint density at radius 1 is 1.25 bits per heavy atom. The van der Waals surface area contributed by atoms with Crippen LogP contribution in [0.25, 0.3) is 10.2 Å². The van der Waals surface area contributed by atoms with Gasteiger partial charge in [-0.15, -0.1) is 21.5 Å². The monoisotopic (exact) mass is 378 g/mol. The third-order valence-electron chi connectivity index (χ3n) is 3.39. The van der Waals surface area contributed by atoms with Crippen molar-refractivity contribution in [2.75, 3.05) is 5.75 Å². The first-order chi connectivity index (χ1) is 11.7. The molecule has 0 aliphatic carbocycles. The molecule has 0 amide bonds. The number of Topliss-reactive ketones (excluding diaryl/α,β-unsaturated/α-hetero) is 1. The van der Waals surface area contributed by atoms with E-state index >= 15 is 0 Å². The van der Waals surface area contributed by atoms with Gasteiger partial charge in [-0.2, -0.15) is 0 Å². The number of benzene rings is 1. The van der Waals surface area contributed by atoms with Crippen LogP contribution in [0.3, 0.4) is 0 Å². The van der Waals surface area contributed by atoms with E-state index in [-0.39, 0.29) is 5.78 Å². The van der Waals surface area contributed by atoms with Crippen molar-refractivity contribution in [1.29, 1.82) is 0 Å². The molecule has 1 aromatic carbocycles. The van der Waals surface area contributed by atoms with Crippen molar-refractivity contribution in [2.24, 2.45) is 0 Å². The van der Waals surface area contributed by atoms with E-state index < -0.39 is 0 Å². The number of carbonyl (C=O) groups excluding carboxylic acids is 1. The topological polar surface area (TPSA) is 60.7 Å². The molecule has 126 valence electrons. The zero-order chi connectivity index (χ0) is 16.9. The average molecular weight is 379 g/mol. The molecule has 0 radical (unpaired) electrons. The highest BCUT2D eigenvalue weighted by Crippen LogP contribution is 2.31. The Kier molecular flexibility index (Phi) is 5.91. The lowest BCUT2D eigenvalue weighted by molar-refractivity contribution is -0.116. The summed E-state index contributed by atoms with van der Waals surface area (Å²) >= 11 is 4.99. The number of aromatic nitrogens is 4. The van der Waals surface area contributed by atoms with Gasteiger partial charge >= 0.3 is 0 Å². The van der Waals surface area contributed by atoms with Crippen LogP contribution >= 0.6 is 34.9 Å². The molecule has 0 saturated carbocycles. The lowest BCUT2D eigenvalue weighted by Gasteiger charge is -2.06. The van der Waals surface area contributed by atoms with E-state index in [0.29, 0.717) is 6.42 Å². The SMILES string of the molecule is CCn1c(CSc2nc3ccccc3s2)nnc1SCCC(C)=O. The first-order valence-corrected chi connectivity index (χ1v) is 10.5. The molecular weight excluding hydrogens is 360 g/mol. The largest absolute Gasteiger partial charge is 0.306 e. The minimum atomic E-state index is 0.205. The summed E-state index contributed by atoms with van der Waals surface area (Å²) in [5.41, 5.74) is 1.04. The maximum absolute atomic E-state index is 11.1. The summed E-state index contributed by atoms with van der Waals surface area (Å²) in [4.78, 5) is 15.7. The number of ketones is 1. The highest BCUT2D eigenvalue weighted by Gasteiger charge is 2.13. The minimum absolute atomic E-state index is 0.205. The summed E-state index contributed by atoms with van der Waals surface area (Å²) < 4.78 is 4.37. The second-order valence-corrected chi connectivity index (χ2v) is 8.49. The Balaban J connectivity index is 1.66. The minimum Gasteiger partial charge on any atom is -0.306 e. The Morgan fingerprint density at radius 3 is 2.83 bits per heavy atom. The number of thioether (sulfide) groups is 2. The molecule has 0 atom stereocenters. The summed E-state index contributed by atoms with van der Waals surface area (Å²) in [7, 11) is 0. The van der Waals surface area contributed by atoms with E-state index in [0.717, 1.165) is 38.9 Å². The van der Waals surface area contributed by atoms with Crippen LogP contribution in [-0.2, 0) is 17.1 Å². The number of carbonyl (C=O) groups is 1. The third-order valence-corrected chi connectivity index (χ3v) is 6.54. The smallest absolute Gasteiger partial charge is 0.191 e. The maximum Gasteiger partial charge on any atom is 0.191 e. The van der Waals surface area contributed by atoms with Crippen LogP contribution in [0.2, 0.25) is 0 Å². The van der Waals surface area contributed by atoms with Crippen LogP contribution < -0.4 is 0 Å². The lowest BCUT2D eigenvalue weighted by atomic mass is 10.3. The molecule has 0 spiro atoms. The van der Waals surface area contributed by atoms with Gasteiger partial charge in [0.15, 0.2) is 9.50 Å². The maximum atomic E-state index is 11.1. The zero-order valence-electron chi connectivity index (χ0n) is 13.6. The fourth-order valence-corrected chi connectivity index (χ4v) is 5.24. The summed E-state index contributed by atoms with van der Waals surface area (Å²) in [6, 6.07) is 8.17. The number of nitrogens with zero attached hydrogens (tertiary/aromatic N) is 4. The van der Waals surface area contributed by atoms with Gasteiger partial charge in [-0.25, -0.2) is 4.98 Å². The molecule has 0 bridgehead atoms. The van der Waals surface area contributed by atoms with Crippen LogP contribution in [0.4, 0.5) is 0 Å². The molecule has 0 saturated heterocycles. The fraction of sp³-hybridized carbons (Fsp3) is 0.375. The molecule has 24 heavy (non-hydrogen) atoms. The molecular formula is C16H18N4OS3. The van der Waals surface area contributed by atoms with E-state index in [4.69, 9.17) is 0 Å². The first-order valence-electron chi connectivity index (χ1n) is 7.70. The number of thiazole rings is 1. The second kappa shape index (κ2) is 8.13. The van der Waals surface area contributed by atoms with Crippen LogP contribution in [0.15, 0.2) is 33.8 Å². The number of para-hydroxylation sites is 1. The molecule has 0 fully saturated rings. The predicted octanol–water partition coefficient (Wildman–Crippen LogP) is 4.27. The van der Waals surface area contributed by atoms with Crippen molar-refractivity contribution in [3.05, 3.63) is 30.1 Å². The van der Waals surface area contributed by atoms with Gasteiger partial charge in [-0.05, 0) is 26.0 Å². The zero-order valence-corrected chi connectivity index (χ0v) is 16.0. The third kappa shape index (κ3) is 4.17. The van der Waals surface area contributed by atoms with Crippen molar-refractivity contribution in [1.82, 2.24) is 19.7 Å². The van der Waals surface area contributed by atoms with Gasteiger partial charge in [-0.3, -0.25) is 4.79 Å². The van der Waals surface area contributed by atoms with Gasteiger partial charge in [0.2, 0.25) is 0 Å². The first kappa shape index (κ1) is 17.4. The summed E-state index contributed by atoms with van der Waals surface area (Å²) in [5, 5.41) is 9.48. The Hall–Kier alpha value is -1.38. The normalized spacial score (nSPS) is 11.2. The van der Waals surface area contributed by atoms with E-state index in [2.05, 4.69) is 32.7 Å². The fourth-order valence-electron chi connectivity index (χ4n) is 2.18. The summed E-state index contributed by atoms with van der Waals surface area (Å²) in [5.74, 6) is 2.65. The van der Waals surface area contributed by atoms with Crippen molar-refractivity contribution in [3.63, 3.8) is 0 Å². The van der Waals surface area contributed by atoms with E-state index in [1.807, 2.05) is 18.2 Å². The van der Waals surface area contributed by atoms with Gasteiger partial charge in [0.25, 0.3) is 0 Å². The molecule has 0 N–H and O–H groups in total. The Morgan fingerprint density at radius 2 is 2.08 bits per heavy atom. The van der Waals surface area contributed by atoms with Crippen molar-refractivity contribution >= 4 is 50.9 Å². The summed E-state index contributed by atoms with van der Waals surface area (Å²) in [6.07, 6.45) is 0.566. The van der Waals surface area contributed by atoms with Gasteiger partial charge in [0.05, 0.1) is 16.0 Å². The second-order valence-electron chi connectivity index (χ2n) is 5.18. The molecule has 2 aromatic heterocycles. The van der Waals surface area contributed by atoms with Crippen LogP contribution in [0, 0.1) is 0 Å². The molecule has 0 aliphatic heterocycles. The average Bonchev–Trinajstić information content (AvgIpc) is 3.15. The number of hydrogen-bond donors (Lipinski definition) is 0. The van der Waals surface area contributed by atoms with Crippen LogP contribution in [0.1, 0.15) is 26.1 Å². The van der Waals surface area contributed by atoms with Crippen LogP contribution in [0.5, 0.6) is 0 Å². The van der Waals surface area contributed by atoms with Gasteiger partial charge < -0.3 is 4.57 Å². The highest BCUT2D eigenvalue weighted by molar-refractivity contribution is 8.00. The highest BCUT2D eigenvalue weighted by atomic mass is 32.2. The molecule has 3 rings (SSSR count). The van der Waals surface area contributed by atoms with Crippen molar-refractivity contribution in [3.8, 4) is 0 Å². The molecule has 0 unspecified atom stereocenters. The van der Waals surface area contributed by atoms with Gasteiger partial charge in [0, 0.05) is 18.7 Å². The van der Waals surface area contributed by atoms with E-state index in [9.17, 15) is 4.79 Å². The number of rotatable bonds is 8. The Labute approximate surface area is 153 Å². The molecule has 0 aliphatic rings. The van der Waals surface area contributed by atoms with E-state index in [1.165, 1.54) is 4.70 Å². The van der Waals surface area contributed by atoms with Gasteiger partial charge in [0.1, 0.15) is 11.6 Å².